The summed E-state index contributed by atoms with van der Waals surface area (Å²) < 4.78 is 50.7. The number of aliphatic hydroxyl groups is 1. The fraction of sp³-hybridized carbons (Fsp3) is 0.478. The van der Waals surface area contributed by atoms with Gasteiger partial charge in [0.2, 0.25) is 0 Å². The molecule has 1 saturated heterocycles. The lowest BCUT2D eigenvalue weighted by Crippen LogP contribution is -2.43. The zero-order valence-corrected chi connectivity index (χ0v) is 16.5. The molecule has 5 rings (SSSR count). The van der Waals surface area contributed by atoms with Gasteiger partial charge in [0.15, 0.2) is 11.5 Å². The Labute approximate surface area is 173 Å². The normalized spacial score (nSPS) is 24.7. The molecule has 0 aromatic heterocycles. The minimum absolute atomic E-state index is 0.172. The molecule has 2 aliphatic heterocycles. The smallest absolute Gasteiger partial charge is 0.416 e. The SMILES string of the molecule is OC1c2cc(C(F)(F)F)ccc2CC1N1CCC(c2cccc3c2OCCO3)CC1. The first-order chi connectivity index (χ1) is 14.4. The van der Waals surface area contributed by atoms with Gasteiger partial charge in [-0.3, -0.25) is 4.90 Å². The quantitative estimate of drug-likeness (QED) is 0.788. The molecule has 0 bridgehead atoms. The summed E-state index contributed by atoms with van der Waals surface area (Å²) in [5.74, 6) is 1.98. The molecule has 30 heavy (non-hydrogen) atoms. The first-order valence-corrected chi connectivity index (χ1v) is 10.4. The number of para-hydroxylation sites is 1. The van der Waals surface area contributed by atoms with Crippen molar-refractivity contribution in [2.24, 2.45) is 0 Å². The summed E-state index contributed by atoms with van der Waals surface area (Å²) in [4.78, 5) is 2.22. The Balaban J connectivity index is 1.28. The molecule has 2 atom stereocenters. The lowest BCUT2D eigenvalue weighted by Gasteiger charge is -2.38. The summed E-state index contributed by atoms with van der Waals surface area (Å²) in [6.07, 6.45) is -2.89. The maximum absolute atomic E-state index is 13.0. The molecular formula is C23H24F3NO3. The van der Waals surface area contributed by atoms with Crippen molar-refractivity contribution >= 4 is 0 Å². The van der Waals surface area contributed by atoms with Crippen LogP contribution in [0.1, 0.15) is 47.1 Å². The highest BCUT2D eigenvalue weighted by molar-refractivity contribution is 5.49. The van der Waals surface area contributed by atoms with Crippen LogP contribution in [0.2, 0.25) is 0 Å². The molecule has 0 saturated carbocycles. The summed E-state index contributed by atoms with van der Waals surface area (Å²) in [5.41, 5.74) is 1.69. The average molecular weight is 419 g/mol. The van der Waals surface area contributed by atoms with E-state index in [0.29, 0.717) is 31.1 Å². The first-order valence-electron chi connectivity index (χ1n) is 10.4. The van der Waals surface area contributed by atoms with E-state index in [1.54, 1.807) is 0 Å². The number of hydrogen-bond acceptors (Lipinski definition) is 4. The van der Waals surface area contributed by atoms with Crippen LogP contribution in [0, 0.1) is 0 Å². The topological polar surface area (TPSA) is 41.9 Å². The summed E-state index contributed by atoms with van der Waals surface area (Å²) in [7, 11) is 0. The predicted molar refractivity (Wildman–Crippen MR) is 105 cm³/mol. The fourth-order valence-electron chi connectivity index (χ4n) is 5.07. The van der Waals surface area contributed by atoms with Crippen molar-refractivity contribution in [2.45, 2.75) is 43.5 Å². The Bertz CT molecular complexity index is 938. The number of aliphatic hydroxyl groups excluding tert-OH is 1. The van der Waals surface area contributed by atoms with Crippen molar-refractivity contribution in [3.63, 3.8) is 0 Å². The van der Waals surface area contributed by atoms with Crippen LogP contribution in [0.4, 0.5) is 13.2 Å². The third kappa shape index (κ3) is 3.44. The van der Waals surface area contributed by atoms with Gasteiger partial charge in [0.05, 0.1) is 11.7 Å². The number of nitrogens with zero attached hydrogens (tertiary/aromatic N) is 1. The molecule has 1 N–H and O–H groups in total. The van der Waals surface area contributed by atoms with Gasteiger partial charge in [0.25, 0.3) is 0 Å². The van der Waals surface area contributed by atoms with Crippen molar-refractivity contribution in [1.29, 1.82) is 0 Å². The number of likely N-dealkylation sites (tertiary alicyclic amines) is 1. The minimum atomic E-state index is -4.40. The molecule has 7 heteroatoms. The molecule has 0 amide bonds. The van der Waals surface area contributed by atoms with E-state index in [4.69, 9.17) is 9.47 Å². The highest BCUT2D eigenvalue weighted by Gasteiger charge is 2.39. The lowest BCUT2D eigenvalue weighted by molar-refractivity contribution is -0.137. The zero-order chi connectivity index (χ0) is 20.9. The summed E-state index contributed by atoms with van der Waals surface area (Å²) >= 11 is 0. The summed E-state index contributed by atoms with van der Waals surface area (Å²) in [5, 5.41) is 10.8. The van der Waals surface area contributed by atoms with Crippen LogP contribution in [-0.2, 0) is 12.6 Å². The van der Waals surface area contributed by atoms with E-state index in [2.05, 4.69) is 11.0 Å². The van der Waals surface area contributed by atoms with Crippen LogP contribution in [0.25, 0.3) is 0 Å². The second-order valence-electron chi connectivity index (χ2n) is 8.31. The Morgan fingerprint density at radius 1 is 0.967 bits per heavy atom. The van der Waals surface area contributed by atoms with Crippen molar-refractivity contribution in [3.8, 4) is 11.5 Å². The van der Waals surface area contributed by atoms with Crippen molar-refractivity contribution in [2.75, 3.05) is 26.3 Å². The highest BCUT2D eigenvalue weighted by Crippen LogP contribution is 2.43. The monoisotopic (exact) mass is 419 g/mol. The number of alkyl halides is 3. The second kappa shape index (κ2) is 7.46. The van der Waals surface area contributed by atoms with Crippen LogP contribution in [0.5, 0.6) is 11.5 Å². The highest BCUT2D eigenvalue weighted by atomic mass is 19.4. The second-order valence-corrected chi connectivity index (χ2v) is 8.31. The number of benzene rings is 2. The molecule has 1 fully saturated rings. The molecule has 2 aromatic rings. The maximum atomic E-state index is 13.0. The Kier molecular flexibility index (Phi) is 4.90. The lowest BCUT2D eigenvalue weighted by atomic mass is 9.87. The molecular weight excluding hydrogens is 395 g/mol. The zero-order valence-electron chi connectivity index (χ0n) is 16.5. The van der Waals surface area contributed by atoms with Gasteiger partial charge in [0, 0.05) is 11.6 Å². The van der Waals surface area contributed by atoms with Crippen LogP contribution in [0.3, 0.4) is 0 Å². The Morgan fingerprint density at radius 2 is 1.73 bits per heavy atom. The van der Waals surface area contributed by atoms with E-state index in [0.717, 1.165) is 60.7 Å². The summed E-state index contributed by atoms with van der Waals surface area (Å²) in [6.45, 7) is 2.69. The standard InChI is InChI=1S/C23H24F3NO3/c24-23(25,26)16-5-4-15-12-19(21(28)18(15)13-16)27-8-6-14(7-9-27)17-2-1-3-20-22(17)30-11-10-29-20/h1-5,13-14,19,21,28H,6-12H2. The van der Waals surface area contributed by atoms with E-state index >= 15 is 0 Å². The Hall–Kier alpha value is -2.25. The van der Waals surface area contributed by atoms with Crippen LogP contribution in [0.15, 0.2) is 36.4 Å². The van der Waals surface area contributed by atoms with Crippen LogP contribution < -0.4 is 9.47 Å². The number of ether oxygens (including phenoxy) is 2. The van der Waals surface area contributed by atoms with Crippen molar-refractivity contribution < 1.29 is 27.8 Å². The van der Waals surface area contributed by atoms with Gasteiger partial charge in [-0.15, -0.1) is 0 Å². The molecule has 160 valence electrons. The van der Waals surface area contributed by atoms with E-state index in [9.17, 15) is 18.3 Å². The Morgan fingerprint density at radius 3 is 2.50 bits per heavy atom. The number of rotatable bonds is 2. The third-order valence-electron chi connectivity index (χ3n) is 6.62. The number of hydrogen-bond donors (Lipinski definition) is 1. The van der Waals surface area contributed by atoms with E-state index in [1.807, 2.05) is 12.1 Å². The molecule has 2 unspecified atom stereocenters. The molecule has 3 aliphatic rings. The molecule has 0 radical (unpaired) electrons. The van der Waals surface area contributed by atoms with Gasteiger partial charge in [-0.1, -0.05) is 18.2 Å². The first kappa shape index (κ1) is 19.7. The van der Waals surface area contributed by atoms with E-state index in [1.165, 1.54) is 6.07 Å². The molecule has 2 aromatic carbocycles. The third-order valence-corrected chi connectivity index (χ3v) is 6.62. The molecule has 4 nitrogen and oxygen atoms in total. The van der Waals surface area contributed by atoms with E-state index < -0.39 is 17.8 Å². The largest absolute Gasteiger partial charge is 0.486 e. The van der Waals surface area contributed by atoms with Gasteiger partial charge in [-0.2, -0.15) is 13.2 Å². The number of fused-ring (bicyclic) bond motifs is 2. The number of halogens is 3. The van der Waals surface area contributed by atoms with Crippen molar-refractivity contribution in [3.05, 3.63) is 58.7 Å². The number of piperidine rings is 1. The summed E-state index contributed by atoms with van der Waals surface area (Å²) in [6, 6.07) is 9.57. The van der Waals surface area contributed by atoms with Crippen LogP contribution in [-0.4, -0.2) is 42.4 Å². The average Bonchev–Trinajstić information content (AvgIpc) is 3.09. The predicted octanol–water partition coefficient (Wildman–Crippen LogP) is 4.31. The van der Waals surface area contributed by atoms with Gasteiger partial charge in [-0.25, -0.2) is 0 Å². The molecule has 2 heterocycles. The molecule has 0 spiro atoms. The van der Waals surface area contributed by atoms with E-state index in [-0.39, 0.29) is 6.04 Å². The maximum Gasteiger partial charge on any atom is 0.416 e. The van der Waals surface area contributed by atoms with Gasteiger partial charge < -0.3 is 14.6 Å². The van der Waals surface area contributed by atoms with Gasteiger partial charge in [0.1, 0.15) is 13.2 Å². The fourth-order valence-corrected chi connectivity index (χ4v) is 5.07. The van der Waals surface area contributed by atoms with Gasteiger partial charge in [-0.05, 0) is 67.6 Å². The van der Waals surface area contributed by atoms with Gasteiger partial charge >= 0.3 is 6.18 Å². The van der Waals surface area contributed by atoms with Crippen molar-refractivity contribution in [1.82, 2.24) is 4.90 Å². The molecule has 1 aliphatic carbocycles. The minimum Gasteiger partial charge on any atom is -0.486 e. The van der Waals surface area contributed by atoms with Crippen LogP contribution >= 0.6 is 0 Å².